The van der Waals surface area contributed by atoms with E-state index in [4.69, 9.17) is 0 Å². The number of nitrogens with one attached hydrogen (secondary N) is 1. The molecule has 2 saturated carbocycles. The van der Waals surface area contributed by atoms with Crippen LogP contribution in [-0.2, 0) is 14.8 Å². The number of aliphatic hydroxyl groups is 1. The van der Waals surface area contributed by atoms with Crippen LogP contribution in [0.2, 0.25) is 0 Å². The van der Waals surface area contributed by atoms with Crippen molar-refractivity contribution >= 4 is 15.8 Å². The molecule has 0 saturated heterocycles. The van der Waals surface area contributed by atoms with E-state index in [1.54, 1.807) is 31.2 Å². The van der Waals surface area contributed by atoms with E-state index in [1.165, 1.54) is 0 Å². The number of rotatable bonds is 6. The van der Waals surface area contributed by atoms with Crippen molar-refractivity contribution in [3.63, 3.8) is 0 Å². The highest BCUT2D eigenvalue weighted by atomic mass is 32.2. The van der Waals surface area contributed by atoms with E-state index in [-0.39, 0.29) is 22.9 Å². The molecule has 2 bridgehead atoms. The summed E-state index contributed by atoms with van der Waals surface area (Å²) in [7, 11) is -3.70. The number of hydrogen-bond acceptors (Lipinski definition) is 4. The summed E-state index contributed by atoms with van der Waals surface area (Å²) in [5.41, 5.74) is -0.421. The van der Waals surface area contributed by atoms with Crippen LogP contribution in [0.3, 0.4) is 0 Å². The number of fused-ring (bicyclic) bond motifs is 2. The highest BCUT2D eigenvalue weighted by Gasteiger charge is 2.65. The van der Waals surface area contributed by atoms with Crippen LogP contribution in [0, 0.1) is 16.7 Å². The van der Waals surface area contributed by atoms with Crippen LogP contribution in [0.4, 0.5) is 0 Å². The van der Waals surface area contributed by atoms with Gasteiger partial charge >= 0.3 is 0 Å². The van der Waals surface area contributed by atoms with E-state index in [2.05, 4.69) is 4.72 Å². The predicted molar refractivity (Wildman–Crippen MR) is 96.3 cm³/mol. The van der Waals surface area contributed by atoms with Crippen LogP contribution in [0.1, 0.15) is 51.7 Å². The fourth-order valence-electron chi connectivity index (χ4n) is 4.76. The Kier molecular flexibility index (Phi) is 4.58. The van der Waals surface area contributed by atoms with E-state index >= 15 is 0 Å². The Balaban J connectivity index is 1.75. The number of benzene rings is 1. The molecule has 0 radical (unpaired) electrons. The smallest absolute Gasteiger partial charge is 0.212 e. The van der Waals surface area contributed by atoms with Crippen molar-refractivity contribution in [2.75, 3.05) is 5.75 Å². The summed E-state index contributed by atoms with van der Waals surface area (Å²) in [5, 5.41) is 10.4. The van der Waals surface area contributed by atoms with Gasteiger partial charge in [0.2, 0.25) is 10.0 Å². The Morgan fingerprint density at radius 1 is 1.28 bits per heavy atom. The third kappa shape index (κ3) is 3.04. The fourth-order valence-corrected chi connectivity index (χ4v) is 6.87. The molecule has 2 unspecified atom stereocenters. The molecule has 1 aromatic rings. The Bertz CT molecular complexity index is 759. The summed E-state index contributed by atoms with van der Waals surface area (Å²) < 4.78 is 28.1. The first-order chi connectivity index (χ1) is 11.6. The van der Waals surface area contributed by atoms with Crippen LogP contribution >= 0.6 is 0 Å². The average molecular weight is 365 g/mol. The summed E-state index contributed by atoms with van der Waals surface area (Å²) >= 11 is 0. The number of Topliss-reactive ketones (excluding diaryl/α,β-unsaturated/α-hetero) is 1. The topological polar surface area (TPSA) is 83.5 Å². The highest BCUT2D eigenvalue weighted by Crippen LogP contribution is 2.64. The summed E-state index contributed by atoms with van der Waals surface area (Å²) in [5.74, 6) is 0.173. The molecule has 2 aliphatic rings. The van der Waals surface area contributed by atoms with Crippen LogP contribution in [0.5, 0.6) is 0 Å². The largest absolute Gasteiger partial charge is 0.387 e. The lowest BCUT2D eigenvalue weighted by atomic mass is 9.70. The lowest BCUT2D eigenvalue weighted by Gasteiger charge is -2.36. The van der Waals surface area contributed by atoms with Gasteiger partial charge in [0, 0.05) is 17.9 Å². The van der Waals surface area contributed by atoms with Gasteiger partial charge in [0.15, 0.2) is 0 Å². The Morgan fingerprint density at radius 2 is 1.92 bits per heavy atom. The van der Waals surface area contributed by atoms with Crippen molar-refractivity contribution in [2.24, 2.45) is 16.7 Å². The van der Waals surface area contributed by atoms with Gasteiger partial charge in [-0.2, -0.15) is 0 Å². The van der Waals surface area contributed by atoms with Gasteiger partial charge in [-0.1, -0.05) is 44.2 Å². The third-order valence-corrected chi connectivity index (χ3v) is 8.16. The summed E-state index contributed by atoms with van der Waals surface area (Å²) in [6.07, 6.45) is 1.11. The molecule has 0 spiro atoms. The Labute approximate surface area is 149 Å². The van der Waals surface area contributed by atoms with Gasteiger partial charge in [-0.3, -0.25) is 4.79 Å². The molecule has 2 fully saturated rings. The SMILES string of the molecule is C[C@H](NS(=O)(=O)CC12CCC(CC1=O)C2(C)C)[C@H](O)c1ccccc1. The zero-order valence-corrected chi connectivity index (χ0v) is 15.8. The summed E-state index contributed by atoms with van der Waals surface area (Å²) in [6.45, 7) is 5.69. The highest BCUT2D eigenvalue weighted by molar-refractivity contribution is 7.89. The molecule has 25 heavy (non-hydrogen) atoms. The van der Waals surface area contributed by atoms with Gasteiger partial charge in [0.05, 0.1) is 11.9 Å². The van der Waals surface area contributed by atoms with Crippen LogP contribution in [0.25, 0.3) is 0 Å². The zero-order valence-electron chi connectivity index (χ0n) is 15.0. The minimum absolute atomic E-state index is 0.0791. The second-order valence-corrected chi connectivity index (χ2v) is 9.94. The van der Waals surface area contributed by atoms with Gasteiger partial charge in [-0.25, -0.2) is 13.1 Å². The second kappa shape index (κ2) is 6.18. The van der Waals surface area contributed by atoms with E-state index in [0.717, 1.165) is 6.42 Å². The molecule has 0 aromatic heterocycles. The molecule has 2 aliphatic carbocycles. The van der Waals surface area contributed by atoms with Crippen molar-refractivity contribution in [1.82, 2.24) is 4.72 Å². The van der Waals surface area contributed by atoms with Crippen molar-refractivity contribution in [3.8, 4) is 0 Å². The molecule has 0 aliphatic heterocycles. The van der Waals surface area contributed by atoms with E-state index < -0.39 is 27.6 Å². The first-order valence-corrected chi connectivity index (χ1v) is 10.5. The van der Waals surface area contributed by atoms with Crippen LogP contribution in [-0.4, -0.2) is 31.1 Å². The van der Waals surface area contributed by atoms with Crippen LogP contribution in [0.15, 0.2) is 30.3 Å². The van der Waals surface area contributed by atoms with Gasteiger partial charge in [-0.05, 0) is 36.7 Å². The molecular formula is C19H27NO4S. The maximum atomic E-state index is 12.8. The van der Waals surface area contributed by atoms with Gasteiger partial charge in [0.1, 0.15) is 5.78 Å². The second-order valence-electron chi connectivity index (χ2n) is 8.19. The first kappa shape index (κ1) is 18.5. The Hall–Kier alpha value is -1.24. The lowest BCUT2D eigenvalue weighted by molar-refractivity contribution is -0.128. The summed E-state index contributed by atoms with van der Waals surface area (Å²) in [4.78, 5) is 12.6. The minimum atomic E-state index is -3.70. The number of sulfonamides is 1. The van der Waals surface area contributed by atoms with E-state index in [0.29, 0.717) is 18.4 Å². The fraction of sp³-hybridized carbons (Fsp3) is 0.632. The molecule has 5 nitrogen and oxygen atoms in total. The lowest BCUT2D eigenvalue weighted by Crippen LogP contribution is -2.47. The molecule has 4 atom stereocenters. The Morgan fingerprint density at radius 3 is 2.44 bits per heavy atom. The maximum absolute atomic E-state index is 12.8. The third-order valence-electron chi connectivity index (χ3n) is 6.56. The van der Waals surface area contributed by atoms with Crippen LogP contribution < -0.4 is 4.72 Å². The quantitative estimate of drug-likeness (QED) is 0.811. The number of ketones is 1. The van der Waals surface area contributed by atoms with Crippen molar-refractivity contribution in [3.05, 3.63) is 35.9 Å². The van der Waals surface area contributed by atoms with Gasteiger partial charge in [-0.15, -0.1) is 0 Å². The average Bonchev–Trinajstić information content (AvgIpc) is 2.88. The van der Waals surface area contributed by atoms with Crippen molar-refractivity contribution < 1.29 is 18.3 Å². The number of carbonyl (C=O) groups excluding carboxylic acids is 1. The van der Waals surface area contributed by atoms with Crippen molar-refractivity contribution in [2.45, 2.75) is 52.2 Å². The normalized spacial score (nSPS) is 30.4. The molecule has 0 amide bonds. The molecule has 0 heterocycles. The predicted octanol–water partition coefficient (Wildman–Crippen LogP) is 2.42. The molecule has 138 valence electrons. The van der Waals surface area contributed by atoms with E-state index in [1.807, 2.05) is 19.9 Å². The van der Waals surface area contributed by atoms with E-state index in [9.17, 15) is 18.3 Å². The molecular weight excluding hydrogens is 338 g/mol. The number of carbonyl (C=O) groups is 1. The minimum Gasteiger partial charge on any atom is -0.387 e. The maximum Gasteiger partial charge on any atom is 0.212 e. The molecule has 3 rings (SSSR count). The number of aliphatic hydroxyl groups excluding tert-OH is 1. The standard InChI is InChI=1S/C19H27NO4S/c1-13(17(22)14-7-5-4-6-8-14)20-25(23,24)12-19-10-9-15(11-16(19)21)18(19,2)3/h4-8,13,15,17,20,22H,9-12H2,1-3H3/t13-,15?,17-,19?/m0/s1. The van der Waals surface area contributed by atoms with Gasteiger partial charge < -0.3 is 5.11 Å². The van der Waals surface area contributed by atoms with Gasteiger partial charge in [0.25, 0.3) is 0 Å². The molecule has 2 N–H and O–H groups in total. The monoisotopic (exact) mass is 365 g/mol. The van der Waals surface area contributed by atoms with Crippen molar-refractivity contribution in [1.29, 1.82) is 0 Å². The summed E-state index contributed by atoms with van der Waals surface area (Å²) in [6, 6.07) is 8.31. The molecule has 1 aromatic carbocycles. The number of hydrogen-bond donors (Lipinski definition) is 2. The first-order valence-electron chi connectivity index (χ1n) is 8.85. The zero-order chi connectivity index (χ0) is 18.5. The molecule has 6 heteroatoms.